The number of amides is 1. The molecule has 1 aliphatic rings. The Labute approximate surface area is 113 Å². The van der Waals surface area contributed by atoms with Gasteiger partial charge >= 0.3 is 0 Å². The third-order valence-electron chi connectivity index (χ3n) is 3.05. The molecule has 1 atom stereocenters. The largest absolute Gasteiger partial charge is 0.349 e. The number of sulfone groups is 1. The highest BCUT2D eigenvalue weighted by Crippen LogP contribution is 2.11. The lowest BCUT2D eigenvalue weighted by molar-refractivity contribution is -0.116. The number of hydrogen-bond donors (Lipinski definition) is 1. The molecule has 0 saturated carbocycles. The van der Waals surface area contributed by atoms with Crippen LogP contribution in [-0.4, -0.2) is 31.9 Å². The molecule has 1 aliphatic heterocycles. The molecule has 0 bridgehead atoms. The summed E-state index contributed by atoms with van der Waals surface area (Å²) in [5, 5.41) is 2.71. The highest BCUT2D eigenvalue weighted by molar-refractivity contribution is 7.91. The van der Waals surface area contributed by atoms with E-state index in [1.807, 2.05) is 31.2 Å². The molecular weight excluding hydrogens is 262 g/mol. The normalized spacial score (nSPS) is 21.6. The monoisotopic (exact) mass is 279 g/mol. The maximum atomic E-state index is 11.7. The van der Waals surface area contributed by atoms with E-state index >= 15 is 0 Å². The number of benzene rings is 1. The predicted octanol–water partition coefficient (Wildman–Crippen LogP) is 1.31. The molecule has 0 spiro atoms. The SMILES string of the molecule is Cc1cccc(/C=C/C(=O)NC2CCS(=O)(=O)C2)c1. The molecule has 102 valence electrons. The minimum Gasteiger partial charge on any atom is -0.349 e. The van der Waals surface area contributed by atoms with Gasteiger partial charge in [0.2, 0.25) is 5.91 Å². The standard InChI is InChI=1S/C14H17NO3S/c1-11-3-2-4-12(9-11)5-6-14(16)15-13-7-8-19(17,18)10-13/h2-6,9,13H,7-8,10H2,1H3,(H,15,16)/b6-5+. The van der Waals surface area contributed by atoms with Crippen molar-refractivity contribution in [1.82, 2.24) is 5.32 Å². The van der Waals surface area contributed by atoms with Gasteiger partial charge in [0.15, 0.2) is 9.84 Å². The minimum absolute atomic E-state index is 0.0526. The Balaban J connectivity index is 1.91. The van der Waals surface area contributed by atoms with E-state index in [2.05, 4.69) is 5.32 Å². The zero-order valence-electron chi connectivity index (χ0n) is 10.8. The topological polar surface area (TPSA) is 63.2 Å². The average molecular weight is 279 g/mol. The lowest BCUT2D eigenvalue weighted by Gasteiger charge is -2.07. The molecule has 1 unspecified atom stereocenters. The van der Waals surface area contributed by atoms with Gasteiger partial charge in [-0.3, -0.25) is 4.79 Å². The van der Waals surface area contributed by atoms with Crippen molar-refractivity contribution in [3.8, 4) is 0 Å². The van der Waals surface area contributed by atoms with Crippen LogP contribution in [0.3, 0.4) is 0 Å². The summed E-state index contributed by atoms with van der Waals surface area (Å²) in [4.78, 5) is 11.7. The highest BCUT2D eigenvalue weighted by atomic mass is 32.2. The van der Waals surface area contributed by atoms with Crippen LogP contribution in [0.1, 0.15) is 17.5 Å². The first-order valence-electron chi connectivity index (χ1n) is 6.20. The summed E-state index contributed by atoms with van der Waals surface area (Å²) in [5.74, 6) is -0.0278. The molecule has 4 nitrogen and oxygen atoms in total. The van der Waals surface area contributed by atoms with Crippen LogP contribution in [0.2, 0.25) is 0 Å². The maximum Gasteiger partial charge on any atom is 0.244 e. The first-order valence-corrected chi connectivity index (χ1v) is 8.02. The lowest BCUT2D eigenvalue weighted by Crippen LogP contribution is -2.34. The van der Waals surface area contributed by atoms with Gasteiger partial charge in [-0.05, 0) is 25.0 Å². The lowest BCUT2D eigenvalue weighted by atomic mass is 10.1. The van der Waals surface area contributed by atoms with Crippen molar-refractivity contribution < 1.29 is 13.2 Å². The molecule has 1 saturated heterocycles. The first kappa shape index (κ1) is 13.8. The molecule has 2 rings (SSSR count). The van der Waals surface area contributed by atoms with Crippen LogP contribution in [0.15, 0.2) is 30.3 Å². The van der Waals surface area contributed by atoms with Crippen molar-refractivity contribution in [2.75, 3.05) is 11.5 Å². The number of rotatable bonds is 3. The summed E-state index contributed by atoms with van der Waals surface area (Å²) in [6.45, 7) is 1.99. The third kappa shape index (κ3) is 4.21. The molecule has 1 N–H and O–H groups in total. The summed E-state index contributed by atoms with van der Waals surface area (Å²) in [6, 6.07) is 7.55. The fourth-order valence-corrected chi connectivity index (χ4v) is 3.78. The molecule has 1 amide bonds. The van der Waals surface area contributed by atoms with Gasteiger partial charge in [-0.25, -0.2) is 8.42 Å². The van der Waals surface area contributed by atoms with E-state index in [0.717, 1.165) is 11.1 Å². The predicted molar refractivity (Wildman–Crippen MR) is 75.4 cm³/mol. The Morgan fingerprint density at radius 1 is 1.42 bits per heavy atom. The van der Waals surface area contributed by atoms with E-state index in [4.69, 9.17) is 0 Å². The number of hydrogen-bond acceptors (Lipinski definition) is 3. The second-order valence-corrected chi connectivity index (χ2v) is 7.08. The molecule has 1 aromatic rings. The molecule has 1 aromatic carbocycles. The van der Waals surface area contributed by atoms with Gasteiger partial charge in [0.05, 0.1) is 11.5 Å². The van der Waals surface area contributed by atoms with E-state index in [1.54, 1.807) is 6.08 Å². The van der Waals surface area contributed by atoms with Crippen molar-refractivity contribution in [3.05, 3.63) is 41.5 Å². The highest BCUT2D eigenvalue weighted by Gasteiger charge is 2.28. The van der Waals surface area contributed by atoms with Crippen molar-refractivity contribution in [2.45, 2.75) is 19.4 Å². The summed E-state index contributed by atoms with van der Waals surface area (Å²) in [5.41, 5.74) is 2.08. The Bertz CT molecular complexity index is 605. The molecule has 0 aliphatic carbocycles. The fraction of sp³-hybridized carbons (Fsp3) is 0.357. The van der Waals surface area contributed by atoms with Gasteiger partial charge in [0.1, 0.15) is 0 Å². The number of nitrogens with one attached hydrogen (secondary N) is 1. The van der Waals surface area contributed by atoms with Gasteiger partial charge in [0.25, 0.3) is 0 Å². The molecular formula is C14H17NO3S. The zero-order valence-corrected chi connectivity index (χ0v) is 11.6. The van der Waals surface area contributed by atoms with Crippen LogP contribution in [-0.2, 0) is 14.6 Å². The Hall–Kier alpha value is -1.62. The van der Waals surface area contributed by atoms with Crippen LogP contribution in [0.4, 0.5) is 0 Å². The minimum atomic E-state index is -2.95. The quantitative estimate of drug-likeness (QED) is 0.849. The summed E-state index contributed by atoms with van der Waals surface area (Å²) >= 11 is 0. The second kappa shape index (κ2) is 5.57. The maximum absolute atomic E-state index is 11.7. The van der Waals surface area contributed by atoms with Gasteiger partial charge in [-0.15, -0.1) is 0 Å². The average Bonchev–Trinajstić information content (AvgIpc) is 2.66. The molecule has 1 fully saturated rings. The second-order valence-electron chi connectivity index (χ2n) is 4.86. The molecule has 19 heavy (non-hydrogen) atoms. The Morgan fingerprint density at radius 3 is 2.84 bits per heavy atom. The van der Waals surface area contributed by atoms with Crippen LogP contribution in [0.5, 0.6) is 0 Å². The van der Waals surface area contributed by atoms with Crippen molar-refractivity contribution >= 4 is 21.8 Å². The van der Waals surface area contributed by atoms with E-state index in [-0.39, 0.29) is 23.5 Å². The van der Waals surface area contributed by atoms with E-state index in [1.165, 1.54) is 6.08 Å². The Morgan fingerprint density at radius 2 is 2.21 bits per heavy atom. The number of carbonyl (C=O) groups is 1. The molecule has 0 radical (unpaired) electrons. The Kier molecular flexibility index (Phi) is 4.04. The van der Waals surface area contributed by atoms with Crippen LogP contribution >= 0.6 is 0 Å². The smallest absolute Gasteiger partial charge is 0.244 e. The van der Waals surface area contributed by atoms with Crippen molar-refractivity contribution in [3.63, 3.8) is 0 Å². The van der Waals surface area contributed by atoms with Crippen LogP contribution < -0.4 is 5.32 Å². The zero-order chi connectivity index (χ0) is 13.9. The molecule has 1 heterocycles. The van der Waals surface area contributed by atoms with Gasteiger partial charge in [-0.1, -0.05) is 29.8 Å². The summed E-state index contributed by atoms with van der Waals surface area (Å²) < 4.78 is 22.5. The third-order valence-corrected chi connectivity index (χ3v) is 4.82. The van der Waals surface area contributed by atoms with Gasteiger partial charge < -0.3 is 5.32 Å². The summed E-state index contributed by atoms with van der Waals surface area (Å²) in [7, 11) is -2.95. The van der Waals surface area contributed by atoms with Crippen molar-refractivity contribution in [2.24, 2.45) is 0 Å². The van der Waals surface area contributed by atoms with E-state index in [9.17, 15) is 13.2 Å². The first-order chi connectivity index (χ1) is 8.94. The number of aryl methyl sites for hydroxylation is 1. The van der Waals surface area contributed by atoms with Crippen LogP contribution in [0, 0.1) is 6.92 Å². The van der Waals surface area contributed by atoms with E-state index in [0.29, 0.717) is 6.42 Å². The van der Waals surface area contributed by atoms with Gasteiger partial charge in [-0.2, -0.15) is 0 Å². The van der Waals surface area contributed by atoms with Crippen LogP contribution in [0.25, 0.3) is 6.08 Å². The molecule has 5 heteroatoms. The molecule has 0 aromatic heterocycles. The fourth-order valence-electron chi connectivity index (χ4n) is 2.10. The van der Waals surface area contributed by atoms with Crippen molar-refractivity contribution in [1.29, 1.82) is 0 Å². The van der Waals surface area contributed by atoms with E-state index < -0.39 is 9.84 Å². The number of carbonyl (C=O) groups excluding carboxylic acids is 1. The summed E-state index contributed by atoms with van der Waals surface area (Å²) in [6.07, 6.45) is 3.68. The van der Waals surface area contributed by atoms with Gasteiger partial charge in [0, 0.05) is 12.1 Å².